The zero-order valence-corrected chi connectivity index (χ0v) is 16.6. The number of aromatic nitrogens is 1. The largest absolute Gasteiger partial charge is 0.493 e. The second kappa shape index (κ2) is 7.84. The number of hydrogen-bond acceptors (Lipinski definition) is 5. The highest BCUT2D eigenvalue weighted by atomic mass is 16.5. The fraction of sp³-hybridized carbons (Fsp3) is 0.250. The molecule has 29 heavy (non-hydrogen) atoms. The Kier molecular flexibility index (Phi) is 5.09. The van der Waals surface area contributed by atoms with E-state index < -0.39 is 0 Å². The highest BCUT2D eigenvalue weighted by molar-refractivity contribution is 5.84. The van der Waals surface area contributed by atoms with Gasteiger partial charge in [0, 0.05) is 16.8 Å². The molecule has 4 rings (SSSR count). The van der Waals surface area contributed by atoms with Crippen LogP contribution in [0.4, 0.5) is 5.82 Å². The van der Waals surface area contributed by atoms with E-state index in [0.717, 1.165) is 41.6 Å². The highest BCUT2D eigenvalue weighted by Crippen LogP contribution is 2.45. The number of aryl methyl sites for hydroxylation is 1. The Balaban J connectivity index is 1.94. The first-order chi connectivity index (χ1) is 14.2. The molecule has 3 aromatic rings. The Labute approximate surface area is 170 Å². The number of nitrogens with two attached hydrogens (primary N) is 1. The van der Waals surface area contributed by atoms with E-state index in [1.807, 2.05) is 24.3 Å². The van der Waals surface area contributed by atoms with Gasteiger partial charge in [-0.2, -0.15) is 5.26 Å². The molecule has 0 fully saturated rings. The van der Waals surface area contributed by atoms with Crippen molar-refractivity contribution in [1.82, 2.24) is 4.98 Å². The molecule has 2 N–H and O–H groups in total. The first kappa shape index (κ1) is 18.8. The normalized spacial score (nSPS) is 15.3. The summed E-state index contributed by atoms with van der Waals surface area (Å²) in [6.45, 7) is 0. The quantitative estimate of drug-likeness (QED) is 0.715. The molecule has 0 spiro atoms. The Bertz CT molecular complexity index is 1090. The summed E-state index contributed by atoms with van der Waals surface area (Å²) in [5.41, 5.74) is 11.5. The van der Waals surface area contributed by atoms with Crippen molar-refractivity contribution >= 4 is 5.82 Å². The average molecular weight is 385 g/mol. The number of anilines is 1. The van der Waals surface area contributed by atoms with Crippen LogP contribution in [-0.2, 0) is 12.8 Å². The van der Waals surface area contributed by atoms with E-state index in [0.29, 0.717) is 23.0 Å². The van der Waals surface area contributed by atoms with Gasteiger partial charge in [0.15, 0.2) is 11.5 Å². The molecule has 1 aromatic heterocycles. The number of nitrogens with zero attached hydrogens (tertiary/aromatic N) is 2. The Morgan fingerprint density at radius 2 is 1.86 bits per heavy atom. The van der Waals surface area contributed by atoms with Crippen molar-refractivity contribution in [3.05, 3.63) is 70.9 Å². The molecule has 0 radical (unpaired) electrons. The molecule has 1 heterocycles. The van der Waals surface area contributed by atoms with Crippen molar-refractivity contribution in [2.45, 2.75) is 25.2 Å². The number of benzene rings is 2. The summed E-state index contributed by atoms with van der Waals surface area (Å²) in [4.78, 5) is 4.58. The lowest BCUT2D eigenvalue weighted by Gasteiger charge is -2.28. The first-order valence-corrected chi connectivity index (χ1v) is 9.65. The van der Waals surface area contributed by atoms with Gasteiger partial charge in [0.05, 0.1) is 14.2 Å². The molecule has 0 saturated heterocycles. The SMILES string of the molecule is COc1cccc(-c2c(C#N)c(N)nc3c2CC(c2ccccc2)CC3)c1OC. The van der Waals surface area contributed by atoms with Crippen LogP contribution >= 0.6 is 0 Å². The number of pyridine rings is 1. The Morgan fingerprint density at radius 1 is 1.07 bits per heavy atom. The van der Waals surface area contributed by atoms with Crippen LogP contribution in [0.25, 0.3) is 11.1 Å². The van der Waals surface area contributed by atoms with Crippen molar-refractivity contribution in [1.29, 1.82) is 5.26 Å². The number of para-hydroxylation sites is 1. The standard InChI is InChI=1S/C24H23N3O2/c1-28-21-10-6-9-17(23(21)29-2)22-18-13-16(15-7-4-3-5-8-15)11-12-20(18)27-24(26)19(22)14-25/h3-10,16H,11-13H2,1-2H3,(H2,26,27). The lowest BCUT2D eigenvalue weighted by molar-refractivity contribution is 0.356. The summed E-state index contributed by atoms with van der Waals surface area (Å²) < 4.78 is 11.1. The second-order valence-electron chi connectivity index (χ2n) is 7.18. The van der Waals surface area contributed by atoms with Crippen molar-refractivity contribution in [3.8, 4) is 28.7 Å². The number of rotatable bonds is 4. The van der Waals surface area contributed by atoms with E-state index in [1.54, 1.807) is 14.2 Å². The van der Waals surface area contributed by atoms with Crippen molar-refractivity contribution in [2.75, 3.05) is 20.0 Å². The minimum Gasteiger partial charge on any atom is -0.493 e. The van der Waals surface area contributed by atoms with Gasteiger partial charge in [0.2, 0.25) is 0 Å². The summed E-state index contributed by atoms with van der Waals surface area (Å²) in [5, 5.41) is 9.89. The van der Waals surface area contributed by atoms with Gasteiger partial charge in [-0.25, -0.2) is 4.98 Å². The summed E-state index contributed by atoms with van der Waals surface area (Å²) in [6.07, 6.45) is 2.63. The average Bonchev–Trinajstić information content (AvgIpc) is 2.77. The smallest absolute Gasteiger partial charge is 0.168 e. The number of fused-ring (bicyclic) bond motifs is 1. The van der Waals surface area contributed by atoms with Crippen LogP contribution in [0, 0.1) is 11.3 Å². The van der Waals surface area contributed by atoms with Crippen LogP contribution in [0.3, 0.4) is 0 Å². The van der Waals surface area contributed by atoms with Crippen LogP contribution in [0.2, 0.25) is 0 Å². The number of hydrogen-bond donors (Lipinski definition) is 1. The molecule has 0 bridgehead atoms. The Hall–Kier alpha value is -3.52. The van der Waals surface area contributed by atoms with E-state index in [1.165, 1.54) is 5.56 Å². The molecule has 5 heteroatoms. The van der Waals surface area contributed by atoms with Crippen LogP contribution in [0.15, 0.2) is 48.5 Å². The molecular formula is C24H23N3O2. The molecule has 1 unspecified atom stereocenters. The lowest BCUT2D eigenvalue weighted by atomic mass is 9.78. The molecule has 0 aliphatic heterocycles. The third-order valence-corrected chi connectivity index (χ3v) is 5.65. The van der Waals surface area contributed by atoms with Crippen LogP contribution in [0.1, 0.15) is 34.7 Å². The maximum absolute atomic E-state index is 9.89. The fourth-order valence-corrected chi connectivity index (χ4v) is 4.28. The molecule has 146 valence electrons. The summed E-state index contributed by atoms with van der Waals surface area (Å²) in [5.74, 6) is 1.86. The predicted molar refractivity (Wildman–Crippen MR) is 113 cm³/mol. The highest BCUT2D eigenvalue weighted by Gasteiger charge is 2.29. The summed E-state index contributed by atoms with van der Waals surface area (Å²) >= 11 is 0. The zero-order chi connectivity index (χ0) is 20.4. The van der Waals surface area contributed by atoms with Gasteiger partial charge < -0.3 is 15.2 Å². The van der Waals surface area contributed by atoms with Gasteiger partial charge in [0.1, 0.15) is 17.5 Å². The van der Waals surface area contributed by atoms with Gasteiger partial charge in [-0.05, 0) is 42.4 Å². The summed E-state index contributed by atoms with van der Waals surface area (Å²) in [6, 6.07) is 18.5. The number of ether oxygens (including phenoxy) is 2. The van der Waals surface area contributed by atoms with Crippen LogP contribution < -0.4 is 15.2 Å². The molecule has 0 amide bonds. The summed E-state index contributed by atoms with van der Waals surface area (Å²) in [7, 11) is 3.21. The van der Waals surface area contributed by atoms with E-state index in [-0.39, 0.29) is 5.82 Å². The second-order valence-corrected chi connectivity index (χ2v) is 7.18. The third kappa shape index (κ3) is 3.27. The van der Waals surface area contributed by atoms with E-state index in [2.05, 4.69) is 35.3 Å². The molecule has 2 aromatic carbocycles. The number of nitrogen functional groups attached to an aromatic ring is 1. The maximum Gasteiger partial charge on any atom is 0.168 e. The van der Waals surface area contributed by atoms with Gasteiger partial charge in [-0.15, -0.1) is 0 Å². The number of nitriles is 1. The van der Waals surface area contributed by atoms with Crippen LogP contribution in [0.5, 0.6) is 11.5 Å². The minimum atomic E-state index is 0.268. The van der Waals surface area contributed by atoms with Crippen molar-refractivity contribution in [3.63, 3.8) is 0 Å². The van der Waals surface area contributed by atoms with E-state index >= 15 is 0 Å². The number of methoxy groups -OCH3 is 2. The van der Waals surface area contributed by atoms with Crippen LogP contribution in [-0.4, -0.2) is 19.2 Å². The molecular weight excluding hydrogens is 362 g/mol. The molecule has 5 nitrogen and oxygen atoms in total. The third-order valence-electron chi connectivity index (χ3n) is 5.65. The molecule has 0 saturated carbocycles. The fourth-order valence-electron chi connectivity index (χ4n) is 4.28. The molecule has 1 aliphatic rings. The topological polar surface area (TPSA) is 81.2 Å². The predicted octanol–water partition coefficient (Wildman–Crippen LogP) is 4.49. The van der Waals surface area contributed by atoms with Crippen molar-refractivity contribution < 1.29 is 9.47 Å². The lowest BCUT2D eigenvalue weighted by Crippen LogP contribution is -2.18. The monoisotopic (exact) mass is 385 g/mol. The minimum absolute atomic E-state index is 0.268. The van der Waals surface area contributed by atoms with Crippen molar-refractivity contribution in [2.24, 2.45) is 0 Å². The van der Waals surface area contributed by atoms with Gasteiger partial charge in [0.25, 0.3) is 0 Å². The van der Waals surface area contributed by atoms with Gasteiger partial charge >= 0.3 is 0 Å². The zero-order valence-electron chi connectivity index (χ0n) is 16.6. The van der Waals surface area contributed by atoms with E-state index in [4.69, 9.17) is 15.2 Å². The molecule has 1 aliphatic carbocycles. The van der Waals surface area contributed by atoms with E-state index in [9.17, 15) is 5.26 Å². The maximum atomic E-state index is 9.89. The molecule has 1 atom stereocenters. The Morgan fingerprint density at radius 3 is 2.55 bits per heavy atom. The first-order valence-electron chi connectivity index (χ1n) is 9.65. The van der Waals surface area contributed by atoms with Gasteiger partial charge in [-0.3, -0.25) is 0 Å². The van der Waals surface area contributed by atoms with Gasteiger partial charge in [-0.1, -0.05) is 42.5 Å².